The van der Waals surface area contributed by atoms with Crippen LogP contribution in [0.2, 0.25) is 0 Å². The van der Waals surface area contributed by atoms with E-state index < -0.39 is 10.0 Å². The Labute approximate surface area is 147 Å². The van der Waals surface area contributed by atoms with Gasteiger partial charge in [0.1, 0.15) is 0 Å². The number of nitrogens with zero attached hydrogens (tertiary/aromatic N) is 2. The van der Waals surface area contributed by atoms with Crippen molar-refractivity contribution in [2.75, 3.05) is 0 Å². The van der Waals surface area contributed by atoms with Crippen molar-refractivity contribution in [3.63, 3.8) is 0 Å². The van der Waals surface area contributed by atoms with Crippen molar-refractivity contribution < 1.29 is 12.9 Å². The second-order valence-electron chi connectivity index (χ2n) is 5.95. The average Bonchev–Trinajstić information content (AvgIpc) is 3.02. The predicted molar refractivity (Wildman–Crippen MR) is 95.1 cm³/mol. The summed E-state index contributed by atoms with van der Waals surface area (Å²) in [5.41, 5.74) is 3.67. The highest BCUT2D eigenvalue weighted by atomic mass is 32.2. The molecule has 1 heterocycles. The van der Waals surface area contributed by atoms with Crippen LogP contribution in [0.3, 0.4) is 0 Å². The van der Waals surface area contributed by atoms with Gasteiger partial charge < -0.3 is 4.52 Å². The molecule has 0 aliphatic heterocycles. The number of aromatic nitrogens is 2. The van der Waals surface area contributed by atoms with E-state index in [-0.39, 0.29) is 18.2 Å². The third kappa shape index (κ3) is 4.74. The van der Waals surface area contributed by atoms with Crippen LogP contribution in [0.4, 0.5) is 0 Å². The molecule has 0 saturated carbocycles. The zero-order chi connectivity index (χ0) is 17.9. The smallest absolute Gasteiger partial charge is 0.242 e. The molecule has 3 rings (SSSR count). The molecule has 0 atom stereocenters. The van der Waals surface area contributed by atoms with Gasteiger partial charge in [0, 0.05) is 5.56 Å². The molecule has 0 radical (unpaired) electrons. The molecule has 0 saturated heterocycles. The molecule has 0 aliphatic rings. The molecule has 3 aromatic rings. The number of nitrogens with one attached hydrogen (secondary N) is 1. The van der Waals surface area contributed by atoms with E-state index in [4.69, 9.17) is 4.52 Å². The van der Waals surface area contributed by atoms with Gasteiger partial charge in [-0.25, -0.2) is 13.1 Å². The minimum absolute atomic E-state index is 0.0348. The zero-order valence-electron chi connectivity index (χ0n) is 14.1. The van der Waals surface area contributed by atoms with Crippen molar-refractivity contribution in [1.29, 1.82) is 0 Å². The molecule has 0 spiro atoms. The second kappa shape index (κ2) is 7.16. The fourth-order valence-corrected chi connectivity index (χ4v) is 3.54. The molecule has 7 heteroatoms. The number of aryl methyl sites for hydroxylation is 2. The summed E-state index contributed by atoms with van der Waals surface area (Å²) in [6, 6.07) is 15.1. The third-order valence-corrected chi connectivity index (χ3v) is 4.92. The number of hydrogen-bond acceptors (Lipinski definition) is 5. The van der Waals surface area contributed by atoms with Gasteiger partial charge >= 0.3 is 0 Å². The number of hydrogen-bond donors (Lipinski definition) is 1. The third-order valence-electron chi connectivity index (χ3n) is 3.63. The molecule has 6 nitrogen and oxygen atoms in total. The lowest BCUT2D eigenvalue weighted by Gasteiger charge is -2.05. The summed E-state index contributed by atoms with van der Waals surface area (Å²) in [6.07, 6.45) is 0. The Morgan fingerprint density at radius 1 is 1.04 bits per heavy atom. The monoisotopic (exact) mass is 357 g/mol. The predicted octanol–water partition coefficient (Wildman–Crippen LogP) is 2.97. The Bertz CT molecular complexity index is 980. The highest BCUT2D eigenvalue weighted by Crippen LogP contribution is 2.17. The van der Waals surface area contributed by atoms with Crippen molar-refractivity contribution in [1.82, 2.24) is 14.9 Å². The summed E-state index contributed by atoms with van der Waals surface area (Å²) < 4.78 is 32.0. The molecule has 0 unspecified atom stereocenters. The Hall–Kier alpha value is -2.51. The van der Waals surface area contributed by atoms with E-state index in [1.165, 1.54) is 0 Å². The van der Waals surface area contributed by atoms with Crippen molar-refractivity contribution in [2.24, 2.45) is 0 Å². The Balaban J connectivity index is 1.65. The summed E-state index contributed by atoms with van der Waals surface area (Å²) in [7, 11) is -3.49. The summed E-state index contributed by atoms with van der Waals surface area (Å²) >= 11 is 0. The van der Waals surface area contributed by atoms with E-state index in [1.54, 1.807) is 6.07 Å². The molecule has 0 bridgehead atoms. The van der Waals surface area contributed by atoms with Crippen LogP contribution in [0, 0.1) is 13.8 Å². The van der Waals surface area contributed by atoms with E-state index in [1.807, 2.05) is 56.3 Å². The Morgan fingerprint density at radius 3 is 2.48 bits per heavy atom. The lowest BCUT2D eigenvalue weighted by Crippen LogP contribution is -2.24. The highest BCUT2D eigenvalue weighted by molar-refractivity contribution is 7.88. The minimum atomic E-state index is -3.49. The molecule has 1 N–H and O–H groups in total. The van der Waals surface area contributed by atoms with Crippen LogP contribution >= 0.6 is 0 Å². The number of rotatable bonds is 6. The average molecular weight is 357 g/mol. The first kappa shape index (κ1) is 17.3. The van der Waals surface area contributed by atoms with Gasteiger partial charge in [-0.15, -0.1) is 0 Å². The lowest BCUT2D eigenvalue weighted by molar-refractivity contribution is 0.376. The van der Waals surface area contributed by atoms with Crippen molar-refractivity contribution in [3.8, 4) is 11.4 Å². The molecular weight excluding hydrogens is 338 g/mol. The highest BCUT2D eigenvalue weighted by Gasteiger charge is 2.15. The molecule has 2 aromatic carbocycles. The molecule has 130 valence electrons. The van der Waals surface area contributed by atoms with Crippen LogP contribution in [0.25, 0.3) is 11.4 Å². The quantitative estimate of drug-likeness (QED) is 0.733. The summed E-state index contributed by atoms with van der Waals surface area (Å²) in [4.78, 5) is 4.24. The van der Waals surface area contributed by atoms with Crippen LogP contribution in [-0.4, -0.2) is 18.6 Å². The molecule has 0 aliphatic carbocycles. The van der Waals surface area contributed by atoms with Gasteiger partial charge in [0.15, 0.2) is 0 Å². The Kier molecular flexibility index (Phi) is 4.96. The van der Waals surface area contributed by atoms with Gasteiger partial charge in [0.25, 0.3) is 0 Å². The summed E-state index contributed by atoms with van der Waals surface area (Å²) in [5.74, 6) is 0.578. The van der Waals surface area contributed by atoms with Crippen molar-refractivity contribution in [3.05, 3.63) is 71.1 Å². The van der Waals surface area contributed by atoms with Crippen LogP contribution in [0.1, 0.15) is 22.6 Å². The molecule has 25 heavy (non-hydrogen) atoms. The first-order valence-corrected chi connectivity index (χ1v) is 9.49. The van der Waals surface area contributed by atoms with Gasteiger partial charge in [0.2, 0.25) is 21.7 Å². The van der Waals surface area contributed by atoms with Gasteiger partial charge in [0.05, 0.1) is 12.3 Å². The standard InChI is InChI=1S/C18H19N3O3S/c1-13-5-3-7-15(9-13)12-25(22,23)19-11-17-20-18(21-24-17)16-8-4-6-14(2)10-16/h3-10,19H,11-12H2,1-2H3. The van der Waals surface area contributed by atoms with E-state index in [0.717, 1.165) is 22.3 Å². The number of sulfonamides is 1. The lowest BCUT2D eigenvalue weighted by atomic mass is 10.1. The fourth-order valence-electron chi connectivity index (χ4n) is 2.47. The summed E-state index contributed by atoms with van der Waals surface area (Å²) in [5, 5.41) is 3.90. The van der Waals surface area contributed by atoms with E-state index >= 15 is 0 Å². The topological polar surface area (TPSA) is 85.1 Å². The van der Waals surface area contributed by atoms with Crippen molar-refractivity contribution in [2.45, 2.75) is 26.1 Å². The van der Waals surface area contributed by atoms with E-state index in [9.17, 15) is 8.42 Å². The largest absolute Gasteiger partial charge is 0.338 e. The van der Waals surface area contributed by atoms with Gasteiger partial charge in [-0.3, -0.25) is 0 Å². The normalized spacial score (nSPS) is 11.6. The second-order valence-corrected chi connectivity index (χ2v) is 7.76. The fraction of sp³-hybridized carbons (Fsp3) is 0.222. The van der Waals surface area contributed by atoms with E-state index in [0.29, 0.717) is 5.82 Å². The zero-order valence-corrected chi connectivity index (χ0v) is 14.9. The SMILES string of the molecule is Cc1cccc(CS(=O)(=O)NCc2nc(-c3cccc(C)c3)no2)c1. The van der Waals surface area contributed by atoms with Crippen LogP contribution in [-0.2, 0) is 22.3 Å². The molecule has 0 amide bonds. The Morgan fingerprint density at radius 2 is 1.76 bits per heavy atom. The molecule has 0 fully saturated rings. The maximum atomic E-state index is 12.2. The van der Waals surface area contributed by atoms with E-state index in [2.05, 4.69) is 14.9 Å². The minimum Gasteiger partial charge on any atom is -0.338 e. The van der Waals surface area contributed by atoms with Gasteiger partial charge in [-0.2, -0.15) is 4.98 Å². The van der Waals surface area contributed by atoms with Crippen molar-refractivity contribution >= 4 is 10.0 Å². The van der Waals surface area contributed by atoms with Crippen LogP contribution in [0.15, 0.2) is 53.1 Å². The number of benzene rings is 2. The van der Waals surface area contributed by atoms with Gasteiger partial charge in [-0.1, -0.05) is 58.7 Å². The first-order chi connectivity index (χ1) is 11.9. The van der Waals surface area contributed by atoms with Crippen LogP contribution < -0.4 is 4.72 Å². The maximum absolute atomic E-state index is 12.2. The van der Waals surface area contributed by atoms with Crippen LogP contribution in [0.5, 0.6) is 0 Å². The maximum Gasteiger partial charge on any atom is 0.242 e. The van der Waals surface area contributed by atoms with Gasteiger partial charge in [-0.05, 0) is 25.5 Å². The first-order valence-electron chi connectivity index (χ1n) is 7.84. The molecule has 1 aromatic heterocycles. The summed E-state index contributed by atoms with van der Waals surface area (Å²) in [6.45, 7) is 3.87. The molecular formula is C18H19N3O3S.